The molecule has 0 aromatic heterocycles. The summed E-state index contributed by atoms with van der Waals surface area (Å²) in [5.74, 6) is 0. The Morgan fingerprint density at radius 1 is 1.00 bits per heavy atom. The first kappa shape index (κ1) is 7.98. The third-order valence-electron chi connectivity index (χ3n) is 1.11. The van der Waals surface area contributed by atoms with Gasteiger partial charge in [0.15, 0.2) is 0 Å². The largest absolute Gasteiger partial charge is 0.354 e. The van der Waals surface area contributed by atoms with Crippen LogP contribution in [0, 0.1) is 0 Å². The van der Waals surface area contributed by atoms with E-state index in [0.29, 0.717) is 16.4 Å². The second kappa shape index (κ2) is 3.91. The molecule has 1 fully saturated rings. The second-order valence-corrected chi connectivity index (χ2v) is 4.24. The van der Waals surface area contributed by atoms with E-state index in [2.05, 4.69) is 31.9 Å². The lowest BCUT2D eigenvalue weighted by molar-refractivity contribution is -0.0308. The molecule has 1 aliphatic heterocycles. The van der Waals surface area contributed by atoms with Crippen LogP contribution in [0.15, 0.2) is 0 Å². The van der Waals surface area contributed by atoms with Crippen molar-refractivity contribution in [3.63, 3.8) is 0 Å². The zero-order valence-corrected chi connectivity index (χ0v) is 8.02. The SMILES string of the molecule is Br[C@@H]1COCOC[C@H]1Br. The van der Waals surface area contributed by atoms with Crippen molar-refractivity contribution in [2.75, 3.05) is 20.0 Å². The van der Waals surface area contributed by atoms with Crippen LogP contribution in [-0.4, -0.2) is 29.7 Å². The minimum Gasteiger partial charge on any atom is -0.354 e. The van der Waals surface area contributed by atoms with Crippen LogP contribution in [0.2, 0.25) is 0 Å². The first-order chi connectivity index (χ1) is 4.30. The summed E-state index contributed by atoms with van der Waals surface area (Å²) in [6, 6.07) is 0. The monoisotopic (exact) mass is 258 g/mol. The maximum atomic E-state index is 5.08. The van der Waals surface area contributed by atoms with Crippen LogP contribution in [0.4, 0.5) is 0 Å². The molecule has 9 heavy (non-hydrogen) atoms. The van der Waals surface area contributed by atoms with Crippen molar-refractivity contribution in [1.29, 1.82) is 0 Å². The molecule has 0 unspecified atom stereocenters. The van der Waals surface area contributed by atoms with Crippen molar-refractivity contribution in [3.05, 3.63) is 0 Å². The third kappa shape index (κ3) is 2.53. The lowest BCUT2D eigenvalue weighted by atomic mass is 10.3. The van der Waals surface area contributed by atoms with Crippen LogP contribution in [0.25, 0.3) is 0 Å². The molecule has 0 aromatic rings. The van der Waals surface area contributed by atoms with Gasteiger partial charge in [-0.05, 0) is 0 Å². The van der Waals surface area contributed by atoms with Gasteiger partial charge in [-0.2, -0.15) is 0 Å². The predicted molar refractivity (Wildman–Crippen MR) is 42.2 cm³/mol. The molecule has 0 spiro atoms. The summed E-state index contributed by atoms with van der Waals surface area (Å²) in [4.78, 5) is 0.750. The van der Waals surface area contributed by atoms with Gasteiger partial charge in [0, 0.05) is 0 Å². The summed E-state index contributed by atoms with van der Waals surface area (Å²) in [6.07, 6.45) is 0. The Morgan fingerprint density at radius 3 is 1.89 bits per heavy atom. The summed E-state index contributed by atoms with van der Waals surface area (Å²) >= 11 is 6.90. The average Bonchev–Trinajstić information content (AvgIpc) is 1.99. The zero-order valence-electron chi connectivity index (χ0n) is 4.85. The third-order valence-corrected chi connectivity index (χ3v) is 3.63. The van der Waals surface area contributed by atoms with E-state index >= 15 is 0 Å². The molecule has 2 atom stereocenters. The molecule has 1 rings (SSSR count). The van der Waals surface area contributed by atoms with Crippen LogP contribution in [0.5, 0.6) is 0 Å². The van der Waals surface area contributed by atoms with Gasteiger partial charge in [0.1, 0.15) is 6.79 Å². The van der Waals surface area contributed by atoms with E-state index in [4.69, 9.17) is 9.47 Å². The molecular formula is C5H8Br2O2. The maximum Gasteiger partial charge on any atom is 0.146 e. The van der Waals surface area contributed by atoms with Crippen LogP contribution < -0.4 is 0 Å². The van der Waals surface area contributed by atoms with Gasteiger partial charge in [0.05, 0.1) is 22.9 Å². The topological polar surface area (TPSA) is 18.5 Å². The first-order valence-electron chi connectivity index (χ1n) is 2.74. The molecule has 2 nitrogen and oxygen atoms in total. The Kier molecular flexibility index (Phi) is 3.46. The number of ether oxygens (including phenoxy) is 2. The highest BCUT2D eigenvalue weighted by atomic mass is 79.9. The van der Waals surface area contributed by atoms with Crippen molar-refractivity contribution in [1.82, 2.24) is 0 Å². The Balaban J connectivity index is 2.32. The molecule has 0 aromatic carbocycles. The normalized spacial score (nSPS) is 38.0. The summed E-state index contributed by atoms with van der Waals surface area (Å²) in [5.41, 5.74) is 0. The van der Waals surface area contributed by atoms with Crippen LogP contribution in [-0.2, 0) is 9.47 Å². The van der Waals surface area contributed by atoms with Gasteiger partial charge in [0.25, 0.3) is 0 Å². The standard InChI is InChI=1S/C5H8Br2O2/c6-4-1-8-3-9-2-5(4)7/h4-5H,1-3H2/t4-,5-/m1/s1. The first-order valence-corrected chi connectivity index (χ1v) is 4.57. The number of halogens is 2. The van der Waals surface area contributed by atoms with E-state index < -0.39 is 0 Å². The van der Waals surface area contributed by atoms with Gasteiger partial charge < -0.3 is 9.47 Å². The lowest BCUT2D eigenvalue weighted by Gasteiger charge is -2.08. The highest BCUT2D eigenvalue weighted by molar-refractivity contribution is 9.12. The van der Waals surface area contributed by atoms with Crippen LogP contribution in [0.3, 0.4) is 0 Å². The van der Waals surface area contributed by atoms with E-state index in [1.54, 1.807) is 0 Å². The fourth-order valence-electron chi connectivity index (χ4n) is 0.589. The molecule has 1 saturated heterocycles. The summed E-state index contributed by atoms with van der Waals surface area (Å²) < 4.78 is 10.2. The molecule has 0 amide bonds. The molecular weight excluding hydrogens is 252 g/mol. The van der Waals surface area contributed by atoms with Gasteiger partial charge in [-0.15, -0.1) is 0 Å². The Bertz CT molecular complexity index is 79.0. The predicted octanol–water partition coefficient (Wildman–Crippen LogP) is 1.52. The second-order valence-electron chi connectivity index (χ2n) is 1.89. The molecule has 1 heterocycles. The van der Waals surface area contributed by atoms with Crippen molar-refractivity contribution >= 4 is 31.9 Å². The van der Waals surface area contributed by atoms with Crippen LogP contribution >= 0.6 is 31.9 Å². The van der Waals surface area contributed by atoms with Crippen molar-refractivity contribution < 1.29 is 9.47 Å². The van der Waals surface area contributed by atoms with E-state index in [-0.39, 0.29) is 0 Å². The summed E-state index contributed by atoms with van der Waals surface area (Å²) in [5, 5.41) is 0. The average molecular weight is 260 g/mol. The van der Waals surface area contributed by atoms with E-state index in [9.17, 15) is 0 Å². The van der Waals surface area contributed by atoms with Gasteiger partial charge in [0.2, 0.25) is 0 Å². The molecule has 0 radical (unpaired) electrons. The fourth-order valence-corrected chi connectivity index (χ4v) is 1.27. The minimum atomic E-state index is 0.375. The Labute approximate surface area is 71.2 Å². The number of hydrogen-bond acceptors (Lipinski definition) is 2. The molecule has 0 N–H and O–H groups in total. The maximum absolute atomic E-state index is 5.08. The molecule has 0 aliphatic carbocycles. The zero-order chi connectivity index (χ0) is 6.69. The van der Waals surface area contributed by atoms with Gasteiger partial charge in [-0.25, -0.2) is 0 Å². The highest BCUT2D eigenvalue weighted by Gasteiger charge is 2.18. The number of alkyl halides is 2. The molecule has 54 valence electrons. The van der Waals surface area contributed by atoms with Gasteiger partial charge in [-0.1, -0.05) is 31.9 Å². The van der Waals surface area contributed by atoms with E-state index in [1.165, 1.54) is 0 Å². The summed E-state index contributed by atoms with van der Waals surface area (Å²) in [6.45, 7) is 1.86. The Morgan fingerprint density at radius 2 is 1.44 bits per heavy atom. The van der Waals surface area contributed by atoms with Crippen LogP contribution in [0.1, 0.15) is 0 Å². The number of hydrogen-bond donors (Lipinski definition) is 0. The van der Waals surface area contributed by atoms with Gasteiger partial charge in [-0.3, -0.25) is 0 Å². The highest BCUT2D eigenvalue weighted by Crippen LogP contribution is 2.17. The Hall–Kier alpha value is 0.880. The van der Waals surface area contributed by atoms with E-state index in [0.717, 1.165) is 13.2 Å². The van der Waals surface area contributed by atoms with Crippen molar-refractivity contribution in [2.24, 2.45) is 0 Å². The lowest BCUT2D eigenvalue weighted by Crippen LogP contribution is -2.19. The fraction of sp³-hybridized carbons (Fsp3) is 1.00. The quantitative estimate of drug-likeness (QED) is 0.615. The van der Waals surface area contributed by atoms with Crippen molar-refractivity contribution in [3.8, 4) is 0 Å². The minimum absolute atomic E-state index is 0.375. The molecule has 0 bridgehead atoms. The molecule has 0 saturated carbocycles. The smallest absolute Gasteiger partial charge is 0.146 e. The van der Waals surface area contributed by atoms with Gasteiger partial charge >= 0.3 is 0 Å². The molecule has 1 aliphatic rings. The molecule has 4 heteroatoms. The summed E-state index contributed by atoms with van der Waals surface area (Å²) in [7, 11) is 0. The van der Waals surface area contributed by atoms with Crippen molar-refractivity contribution in [2.45, 2.75) is 9.65 Å². The van der Waals surface area contributed by atoms with E-state index in [1.807, 2.05) is 0 Å². The number of rotatable bonds is 0.